The van der Waals surface area contributed by atoms with Crippen molar-refractivity contribution < 1.29 is 29.0 Å². The molecular weight excluding hydrogens is 432 g/mol. The zero-order chi connectivity index (χ0) is 22.1. The molecule has 0 radical (unpaired) electrons. The Balaban J connectivity index is 2.24. The Bertz CT molecular complexity index is 986. The fraction of sp³-hybridized carbons (Fsp3) is 0.333. The number of hydrazone groups is 1. The number of carbonyl (C=O) groups is 3. The van der Waals surface area contributed by atoms with E-state index in [1.807, 2.05) is 0 Å². The van der Waals surface area contributed by atoms with Crippen LogP contribution in [0.2, 0.25) is 0 Å². The first-order chi connectivity index (χ1) is 14.4. The van der Waals surface area contributed by atoms with Gasteiger partial charge < -0.3 is 14.6 Å². The van der Waals surface area contributed by atoms with Crippen LogP contribution in [-0.2, 0) is 19.1 Å². The second-order valence-corrected chi connectivity index (χ2v) is 7.31. The highest BCUT2D eigenvalue weighted by Gasteiger charge is 2.30. The molecule has 1 unspecified atom stereocenters. The predicted molar refractivity (Wildman–Crippen MR) is 111 cm³/mol. The van der Waals surface area contributed by atoms with Gasteiger partial charge in [0, 0.05) is 18.0 Å². The zero-order valence-corrected chi connectivity index (χ0v) is 17.9. The molecule has 0 bridgehead atoms. The van der Waals surface area contributed by atoms with Crippen LogP contribution in [0, 0.1) is 3.95 Å². The molecule has 30 heavy (non-hydrogen) atoms. The maximum absolute atomic E-state index is 12.4. The molecule has 12 heteroatoms. The number of amides is 1. The third kappa shape index (κ3) is 5.94. The third-order valence-corrected chi connectivity index (χ3v) is 4.99. The number of pyridine rings is 1. The van der Waals surface area contributed by atoms with Crippen LogP contribution in [0.3, 0.4) is 0 Å². The summed E-state index contributed by atoms with van der Waals surface area (Å²) in [5.41, 5.74) is 2.67. The summed E-state index contributed by atoms with van der Waals surface area (Å²) in [6.45, 7) is 3.49. The molecule has 0 aliphatic heterocycles. The summed E-state index contributed by atoms with van der Waals surface area (Å²) in [6, 6.07) is 1.84. The van der Waals surface area contributed by atoms with Gasteiger partial charge in [0.2, 0.25) is 5.88 Å². The summed E-state index contributed by atoms with van der Waals surface area (Å²) < 4.78 is 11.1. The highest BCUT2D eigenvalue weighted by molar-refractivity contribution is 7.73. The van der Waals surface area contributed by atoms with E-state index in [1.165, 1.54) is 30.7 Å². The van der Waals surface area contributed by atoms with Gasteiger partial charge in [-0.05, 0) is 38.2 Å². The summed E-state index contributed by atoms with van der Waals surface area (Å²) in [5, 5.41) is 14.4. The summed E-state index contributed by atoms with van der Waals surface area (Å²) in [7, 11) is 0. The van der Waals surface area contributed by atoms with E-state index in [2.05, 4.69) is 15.5 Å². The van der Waals surface area contributed by atoms with Gasteiger partial charge in [0.1, 0.15) is 10.9 Å². The molecule has 160 valence electrons. The van der Waals surface area contributed by atoms with Gasteiger partial charge in [0.05, 0.1) is 25.8 Å². The van der Waals surface area contributed by atoms with Crippen LogP contribution in [0.15, 0.2) is 29.6 Å². The second kappa shape index (κ2) is 11.2. The van der Waals surface area contributed by atoms with Crippen molar-refractivity contribution in [3.8, 4) is 5.88 Å². The minimum atomic E-state index is -1.19. The molecule has 2 aromatic heterocycles. The molecule has 1 amide bonds. The number of aromatic nitrogens is 2. The number of esters is 2. The van der Waals surface area contributed by atoms with Crippen LogP contribution in [-0.4, -0.2) is 51.9 Å². The Labute approximate surface area is 181 Å². The highest BCUT2D eigenvalue weighted by Crippen LogP contribution is 2.30. The number of hydrogen-bond acceptors (Lipinski definition) is 10. The topological polar surface area (TPSA) is 132 Å². The molecule has 0 saturated carbocycles. The van der Waals surface area contributed by atoms with Gasteiger partial charge in [-0.1, -0.05) is 11.3 Å². The normalized spacial score (nSPS) is 11.8. The van der Waals surface area contributed by atoms with E-state index in [0.717, 1.165) is 15.9 Å². The number of rotatable bonds is 9. The van der Waals surface area contributed by atoms with Crippen molar-refractivity contribution in [2.75, 3.05) is 13.2 Å². The van der Waals surface area contributed by atoms with Crippen molar-refractivity contribution in [2.24, 2.45) is 5.10 Å². The Morgan fingerprint density at radius 2 is 1.97 bits per heavy atom. The van der Waals surface area contributed by atoms with E-state index >= 15 is 0 Å². The lowest BCUT2D eigenvalue weighted by Crippen LogP contribution is -2.25. The summed E-state index contributed by atoms with van der Waals surface area (Å²) in [4.78, 5) is 40.3. The molecular formula is C18H20N4O6S2. The number of nitrogens with one attached hydrogen (secondary N) is 1. The van der Waals surface area contributed by atoms with Gasteiger partial charge in [0.15, 0.2) is 3.95 Å². The minimum absolute atomic E-state index is 0.0890. The van der Waals surface area contributed by atoms with Crippen LogP contribution < -0.4 is 5.43 Å². The lowest BCUT2D eigenvalue weighted by molar-refractivity contribution is -0.154. The maximum Gasteiger partial charge on any atom is 0.329 e. The SMILES string of the molecule is CCOC(=O)CC(C(=O)OCC)n1c(O)c(/C=N/NC(=O)c2ccncc2)sc1=S. The molecule has 0 saturated heterocycles. The number of ether oxygens (including phenoxy) is 2. The van der Waals surface area contributed by atoms with Gasteiger partial charge in [-0.3, -0.25) is 19.1 Å². The van der Waals surface area contributed by atoms with Crippen LogP contribution in [0.1, 0.15) is 41.5 Å². The number of carbonyl (C=O) groups excluding carboxylic acids is 3. The van der Waals surface area contributed by atoms with E-state index < -0.39 is 23.9 Å². The van der Waals surface area contributed by atoms with E-state index in [0.29, 0.717) is 5.56 Å². The van der Waals surface area contributed by atoms with Gasteiger partial charge in [-0.2, -0.15) is 5.10 Å². The van der Waals surface area contributed by atoms with E-state index in [4.69, 9.17) is 21.7 Å². The fourth-order valence-electron chi connectivity index (χ4n) is 2.37. The average Bonchev–Trinajstić information content (AvgIpc) is 3.00. The molecule has 2 N–H and O–H groups in total. The van der Waals surface area contributed by atoms with Gasteiger partial charge >= 0.3 is 11.9 Å². The predicted octanol–water partition coefficient (Wildman–Crippen LogP) is 2.20. The quantitative estimate of drug-likeness (QED) is 0.256. The molecule has 0 aliphatic rings. The largest absolute Gasteiger partial charge is 0.493 e. The van der Waals surface area contributed by atoms with Crippen molar-refractivity contribution in [3.05, 3.63) is 38.9 Å². The lowest BCUT2D eigenvalue weighted by Gasteiger charge is -2.17. The first-order valence-corrected chi connectivity index (χ1v) is 10.1. The van der Waals surface area contributed by atoms with E-state index in [1.54, 1.807) is 13.8 Å². The second-order valence-electron chi connectivity index (χ2n) is 5.64. The van der Waals surface area contributed by atoms with E-state index in [-0.39, 0.29) is 34.3 Å². The molecule has 0 fully saturated rings. The van der Waals surface area contributed by atoms with Gasteiger partial charge in [-0.15, -0.1) is 0 Å². The third-order valence-electron chi connectivity index (χ3n) is 3.67. The van der Waals surface area contributed by atoms with Crippen molar-refractivity contribution in [3.63, 3.8) is 0 Å². The minimum Gasteiger partial charge on any atom is -0.493 e. The van der Waals surface area contributed by atoms with Crippen LogP contribution in [0.4, 0.5) is 0 Å². The maximum atomic E-state index is 12.4. The average molecular weight is 453 g/mol. The van der Waals surface area contributed by atoms with Crippen LogP contribution >= 0.6 is 23.6 Å². The molecule has 0 aliphatic carbocycles. The number of aromatic hydroxyl groups is 1. The Morgan fingerprint density at radius 3 is 2.60 bits per heavy atom. The van der Waals surface area contributed by atoms with E-state index in [9.17, 15) is 19.5 Å². The molecule has 0 aromatic carbocycles. The molecule has 1 atom stereocenters. The van der Waals surface area contributed by atoms with Crippen molar-refractivity contribution in [1.82, 2.24) is 15.0 Å². The molecule has 10 nitrogen and oxygen atoms in total. The molecule has 2 aromatic rings. The number of hydrogen-bond donors (Lipinski definition) is 2. The Hall–Kier alpha value is -3.12. The van der Waals surface area contributed by atoms with Crippen molar-refractivity contribution in [2.45, 2.75) is 26.3 Å². The molecule has 2 heterocycles. The first kappa shape index (κ1) is 23.2. The monoisotopic (exact) mass is 452 g/mol. The molecule has 0 spiro atoms. The lowest BCUT2D eigenvalue weighted by atomic mass is 10.2. The zero-order valence-electron chi connectivity index (χ0n) is 16.2. The summed E-state index contributed by atoms with van der Waals surface area (Å²) >= 11 is 6.19. The number of nitrogens with zero attached hydrogens (tertiary/aromatic N) is 3. The fourth-order valence-corrected chi connectivity index (χ4v) is 3.64. The van der Waals surface area contributed by atoms with Crippen molar-refractivity contribution >= 4 is 47.6 Å². The standard InChI is InChI=1S/C18H20N4O6S2/c1-3-27-14(23)9-12(17(26)28-4-2)22-16(25)13(30-18(22)29)10-20-21-15(24)11-5-7-19-8-6-11/h5-8,10,12,25H,3-4,9H2,1-2H3,(H,21,24)/b20-10+. The smallest absolute Gasteiger partial charge is 0.329 e. The Kier molecular flexibility index (Phi) is 8.62. The Morgan fingerprint density at radius 1 is 1.30 bits per heavy atom. The van der Waals surface area contributed by atoms with Gasteiger partial charge in [-0.25, -0.2) is 10.2 Å². The molecule has 2 rings (SSSR count). The summed E-state index contributed by atoms with van der Waals surface area (Å²) in [5.74, 6) is -2.22. The van der Waals surface area contributed by atoms with Crippen LogP contribution in [0.25, 0.3) is 0 Å². The van der Waals surface area contributed by atoms with Crippen LogP contribution in [0.5, 0.6) is 5.88 Å². The highest BCUT2D eigenvalue weighted by atomic mass is 32.1. The first-order valence-electron chi connectivity index (χ1n) is 8.88. The van der Waals surface area contributed by atoms with Crippen molar-refractivity contribution in [1.29, 1.82) is 0 Å². The number of thiazole rings is 1. The van der Waals surface area contributed by atoms with Gasteiger partial charge in [0.25, 0.3) is 5.91 Å². The summed E-state index contributed by atoms with van der Waals surface area (Å²) in [6.07, 6.45) is 3.77.